The maximum absolute atomic E-state index is 11.6. The maximum atomic E-state index is 11.6. The fourth-order valence-corrected chi connectivity index (χ4v) is 1.30. The summed E-state index contributed by atoms with van der Waals surface area (Å²) in [6.07, 6.45) is 0. The number of hydrogen-bond donors (Lipinski definition) is 5. The molecule has 0 bridgehead atoms. The van der Waals surface area contributed by atoms with Crippen LogP contribution in [0.5, 0.6) is 0 Å². The summed E-state index contributed by atoms with van der Waals surface area (Å²) in [5.74, 6) is 0. The molecule has 7 heteroatoms. The zero-order chi connectivity index (χ0) is 14.3. The standard InChI is InChI=1S/C12H15N3O4/c13-5-9-1-3-10(4-2-9)14-11(19)15-12(6-16,7-17)8-18/h1-4,16-18H,6-8H2,(H2,14,15,19). The number of carbonyl (C=O) groups excluding carboxylic acids is 1. The van der Waals surface area contributed by atoms with Crippen LogP contribution in [0, 0.1) is 11.3 Å². The fraction of sp³-hybridized carbons (Fsp3) is 0.333. The zero-order valence-corrected chi connectivity index (χ0v) is 10.1. The maximum Gasteiger partial charge on any atom is 0.319 e. The second-order valence-electron chi connectivity index (χ2n) is 4.02. The molecule has 0 aliphatic heterocycles. The summed E-state index contributed by atoms with van der Waals surface area (Å²) in [6, 6.07) is 7.41. The Bertz CT molecular complexity index is 455. The number of nitrogens with one attached hydrogen (secondary N) is 2. The number of benzene rings is 1. The molecule has 0 aliphatic carbocycles. The number of aliphatic hydroxyl groups excluding tert-OH is 3. The number of rotatable bonds is 5. The highest BCUT2D eigenvalue weighted by Crippen LogP contribution is 2.09. The van der Waals surface area contributed by atoms with E-state index in [1.165, 1.54) is 24.3 Å². The van der Waals surface area contributed by atoms with Gasteiger partial charge in [0.2, 0.25) is 0 Å². The summed E-state index contributed by atoms with van der Waals surface area (Å²) in [6.45, 7) is -1.79. The predicted octanol–water partition coefficient (Wildman–Crippen LogP) is -0.605. The lowest BCUT2D eigenvalue weighted by molar-refractivity contribution is 0.0507. The van der Waals surface area contributed by atoms with Crippen molar-refractivity contribution in [2.24, 2.45) is 0 Å². The second kappa shape index (κ2) is 6.70. The highest BCUT2D eigenvalue weighted by molar-refractivity contribution is 5.89. The molecule has 2 amide bonds. The first-order chi connectivity index (χ1) is 9.09. The van der Waals surface area contributed by atoms with Crippen molar-refractivity contribution in [2.45, 2.75) is 5.54 Å². The lowest BCUT2D eigenvalue weighted by Gasteiger charge is -2.28. The molecule has 19 heavy (non-hydrogen) atoms. The third-order valence-corrected chi connectivity index (χ3v) is 2.56. The fourth-order valence-electron chi connectivity index (χ4n) is 1.30. The zero-order valence-electron chi connectivity index (χ0n) is 10.1. The minimum Gasteiger partial charge on any atom is -0.394 e. The largest absolute Gasteiger partial charge is 0.394 e. The average Bonchev–Trinajstić information content (AvgIpc) is 2.46. The van der Waals surface area contributed by atoms with Gasteiger partial charge in [0.15, 0.2) is 0 Å². The molecule has 0 fully saturated rings. The van der Waals surface area contributed by atoms with Gasteiger partial charge in [-0.25, -0.2) is 4.79 Å². The second-order valence-corrected chi connectivity index (χ2v) is 4.02. The van der Waals surface area contributed by atoms with E-state index >= 15 is 0 Å². The SMILES string of the molecule is N#Cc1ccc(NC(=O)NC(CO)(CO)CO)cc1. The van der Waals surface area contributed by atoms with Crippen LogP contribution in [0.1, 0.15) is 5.56 Å². The number of nitrogens with zero attached hydrogens (tertiary/aromatic N) is 1. The van der Waals surface area contributed by atoms with Gasteiger partial charge in [-0.05, 0) is 24.3 Å². The van der Waals surface area contributed by atoms with E-state index in [1.54, 1.807) is 0 Å². The van der Waals surface area contributed by atoms with E-state index in [0.717, 1.165) is 0 Å². The molecular formula is C12H15N3O4. The summed E-state index contributed by atoms with van der Waals surface area (Å²) >= 11 is 0. The van der Waals surface area contributed by atoms with Gasteiger partial charge in [-0.3, -0.25) is 0 Å². The van der Waals surface area contributed by atoms with E-state index in [9.17, 15) is 4.79 Å². The molecule has 0 aromatic heterocycles. The number of aliphatic hydroxyl groups is 3. The van der Waals surface area contributed by atoms with Crippen molar-refractivity contribution in [3.05, 3.63) is 29.8 Å². The minimum absolute atomic E-state index is 0.444. The van der Waals surface area contributed by atoms with Crippen molar-refractivity contribution in [2.75, 3.05) is 25.1 Å². The van der Waals surface area contributed by atoms with Crippen LogP contribution in [0.25, 0.3) is 0 Å². The van der Waals surface area contributed by atoms with Gasteiger partial charge < -0.3 is 26.0 Å². The van der Waals surface area contributed by atoms with Crippen LogP contribution >= 0.6 is 0 Å². The van der Waals surface area contributed by atoms with Crippen LogP contribution in [-0.4, -0.2) is 46.7 Å². The van der Waals surface area contributed by atoms with Gasteiger partial charge in [0.1, 0.15) is 5.54 Å². The molecule has 1 aromatic rings. The van der Waals surface area contributed by atoms with E-state index in [2.05, 4.69) is 10.6 Å². The van der Waals surface area contributed by atoms with Gasteiger partial charge in [-0.2, -0.15) is 5.26 Å². The Morgan fingerprint density at radius 1 is 1.16 bits per heavy atom. The average molecular weight is 265 g/mol. The number of anilines is 1. The van der Waals surface area contributed by atoms with E-state index in [1.807, 2.05) is 6.07 Å². The van der Waals surface area contributed by atoms with Gasteiger partial charge in [0.05, 0.1) is 31.5 Å². The third kappa shape index (κ3) is 3.93. The Hall–Kier alpha value is -2.14. The molecule has 1 rings (SSSR count). The lowest BCUT2D eigenvalue weighted by Crippen LogP contribution is -2.58. The first-order valence-corrected chi connectivity index (χ1v) is 5.51. The molecule has 102 valence electrons. The van der Waals surface area contributed by atoms with Crippen LogP contribution in [0.4, 0.5) is 10.5 Å². The summed E-state index contributed by atoms with van der Waals surface area (Å²) in [4.78, 5) is 11.6. The minimum atomic E-state index is -1.48. The normalized spacial score (nSPS) is 10.6. The molecule has 0 saturated carbocycles. The molecule has 7 nitrogen and oxygen atoms in total. The van der Waals surface area contributed by atoms with E-state index in [-0.39, 0.29) is 0 Å². The van der Waals surface area contributed by atoms with Crippen LogP contribution in [0.2, 0.25) is 0 Å². The number of amides is 2. The van der Waals surface area contributed by atoms with Gasteiger partial charge in [-0.1, -0.05) is 0 Å². The molecule has 0 heterocycles. The highest BCUT2D eigenvalue weighted by atomic mass is 16.3. The summed E-state index contributed by atoms with van der Waals surface area (Å²) in [5.41, 5.74) is -0.572. The third-order valence-electron chi connectivity index (χ3n) is 2.56. The van der Waals surface area contributed by atoms with Crippen molar-refractivity contribution in [1.29, 1.82) is 5.26 Å². The predicted molar refractivity (Wildman–Crippen MR) is 67.3 cm³/mol. The number of nitriles is 1. The molecule has 5 N–H and O–H groups in total. The van der Waals surface area contributed by atoms with Crippen LogP contribution in [0.3, 0.4) is 0 Å². The van der Waals surface area contributed by atoms with Crippen molar-refractivity contribution >= 4 is 11.7 Å². The number of hydrogen-bond acceptors (Lipinski definition) is 5. The molecule has 0 radical (unpaired) electrons. The Kier molecular flexibility index (Phi) is 5.26. The molecule has 0 saturated heterocycles. The monoisotopic (exact) mass is 265 g/mol. The van der Waals surface area contributed by atoms with E-state index < -0.39 is 31.4 Å². The quantitative estimate of drug-likeness (QED) is 0.486. The van der Waals surface area contributed by atoms with Gasteiger partial charge in [0.25, 0.3) is 0 Å². The lowest BCUT2D eigenvalue weighted by atomic mass is 10.0. The van der Waals surface area contributed by atoms with Gasteiger partial charge in [0, 0.05) is 5.69 Å². The first-order valence-electron chi connectivity index (χ1n) is 5.51. The van der Waals surface area contributed by atoms with E-state index in [0.29, 0.717) is 11.3 Å². The molecular weight excluding hydrogens is 250 g/mol. The van der Waals surface area contributed by atoms with Crippen molar-refractivity contribution in [3.63, 3.8) is 0 Å². The van der Waals surface area contributed by atoms with Crippen molar-refractivity contribution in [1.82, 2.24) is 5.32 Å². The molecule has 0 atom stereocenters. The summed E-state index contributed by atoms with van der Waals surface area (Å²) in [7, 11) is 0. The van der Waals surface area contributed by atoms with Crippen LogP contribution in [0.15, 0.2) is 24.3 Å². The van der Waals surface area contributed by atoms with Gasteiger partial charge >= 0.3 is 6.03 Å². The van der Waals surface area contributed by atoms with Crippen molar-refractivity contribution in [3.8, 4) is 6.07 Å². The summed E-state index contributed by atoms with van der Waals surface area (Å²) in [5, 5.41) is 40.6. The summed E-state index contributed by atoms with van der Waals surface area (Å²) < 4.78 is 0. The Morgan fingerprint density at radius 2 is 1.68 bits per heavy atom. The topological polar surface area (TPSA) is 126 Å². The Labute approximate surface area is 110 Å². The first kappa shape index (κ1) is 14.9. The highest BCUT2D eigenvalue weighted by Gasteiger charge is 2.29. The molecule has 0 aliphatic rings. The van der Waals surface area contributed by atoms with Crippen LogP contribution < -0.4 is 10.6 Å². The Morgan fingerprint density at radius 3 is 2.11 bits per heavy atom. The molecule has 0 unspecified atom stereocenters. The molecule has 1 aromatic carbocycles. The van der Waals surface area contributed by atoms with Gasteiger partial charge in [-0.15, -0.1) is 0 Å². The smallest absolute Gasteiger partial charge is 0.319 e. The Balaban J connectivity index is 2.66. The number of carbonyl (C=O) groups is 1. The van der Waals surface area contributed by atoms with Crippen molar-refractivity contribution < 1.29 is 20.1 Å². The van der Waals surface area contributed by atoms with E-state index in [4.69, 9.17) is 20.6 Å². The van der Waals surface area contributed by atoms with Crippen LogP contribution in [-0.2, 0) is 0 Å². The molecule has 0 spiro atoms. The number of urea groups is 1.